The molecule has 0 fully saturated rings. The molecule has 104 valence electrons. The Hall–Kier alpha value is -1.28. The first-order valence-electron chi connectivity index (χ1n) is 6.99. The Balaban J connectivity index is 2.07. The normalized spacial score (nSPS) is 17.5. The summed E-state index contributed by atoms with van der Waals surface area (Å²) in [7, 11) is 0. The van der Waals surface area contributed by atoms with Gasteiger partial charge in [0.25, 0.3) is 0 Å². The Morgan fingerprint density at radius 2 is 2.05 bits per heavy atom. The molecule has 0 aromatic heterocycles. The van der Waals surface area contributed by atoms with Crippen LogP contribution in [0.4, 0.5) is 0 Å². The van der Waals surface area contributed by atoms with E-state index in [0.717, 1.165) is 18.7 Å². The van der Waals surface area contributed by atoms with Crippen molar-refractivity contribution < 1.29 is 4.74 Å². The molecule has 0 amide bonds. The molecule has 0 atom stereocenters. The lowest BCUT2D eigenvalue weighted by Crippen LogP contribution is -2.35. The molecule has 19 heavy (non-hydrogen) atoms. The molecule has 1 aliphatic heterocycles. The van der Waals surface area contributed by atoms with Gasteiger partial charge < -0.3 is 10.1 Å². The zero-order chi connectivity index (χ0) is 14.1. The lowest BCUT2D eigenvalue weighted by molar-refractivity contribution is 0.138. The van der Waals surface area contributed by atoms with Crippen LogP contribution in [0.5, 0.6) is 5.75 Å². The summed E-state index contributed by atoms with van der Waals surface area (Å²) in [5.74, 6) is 1.06. The lowest BCUT2D eigenvalue weighted by atomic mass is 10.0. The highest BCUT2D eigenvalue weighted by molar-refractivity contribution is 5.61. The standard InChI is InChI=1S/C17H25NO/c1-16(2,3)18-11-7-10-13-8-6-9-14-12-17(4,5)19-15(13)14/h6-10,18H,11-12H2,1-5H3. The van der Waals surface area contributed by atoms with Crippen molar-refractivity contribution in [3.8, 4) is 5.75 Å². The van der Waals surface area contributed by atoms with Crippen LogP contribution in [-0.2, 0) is 6.42 Å². The number of rotatable bonds is 3. The smallest absolute Gasteiger partial charge is 0.130 e. The van der Waals surface area contributed by atoms with Crippen molar-refractivity contribution in [2.75, 3.05) is 6.54 Å². The molecule has 0 radical (unpaired) electrons. The second kappa shape index (κ2) is 5.01. The van der Waals surface area contributed by atoms with Crippen LogP contribution < -0.4 is 10.1 Å². The number of ether oxygens (including phenoxy) is 1. The second-order valence-electron chi connectivity index (χ2n) is 6.91. The molecule has 0 saturated heterocycles. The molecule has 1 heterocycles. The number of fused-ring (bicyclic) bond motifs is 1. The van der Waals surface area contributed by atoms with Crippen molar-refractivity contribution in [1.29, 1.82) is 0 Å². The maximum absolute atomic E-state index is 6.05. The third kappa shape index (κ3) is 3.84. The molecule has 0 unspecified atom stereocenters. The average molecular weight is 259 g/mol. The Morgan fingerprint density at radius 3 is 2.74 bits per heavy atom. The summed E-state index contributed by atoms with van der Waals surface area (Å²) in [4.78, 5) is 0. The van der Waals surface area contributed by atoms with Gasteiger partial charge in [-0.3, -0.25) is 0 Å². The summed E-state index contributed by atoms with van der Waals surface area (Å²) < 4.78 is 6.05. The van der Waals surface area contributed by atoms with Crippen LogP contribution in [0.1, 0.15) is 45.7 Å². The molecule has 1 aromatic rings. The van der Waals surface area contributed by atoms with E-state index in [0.29, 0.717) is 0 Å². The van der Waals surface area contributed by atoms with Crippen LogP contribution in [0, 0.1) is 0 Å². The van der Waals surface area contributed by atoms with Gasteiger partial charge in [-0.25, -0.2) is 0 Å². The molecule has 1 N–H and O–H groups in total. The van der Waals surface area contributed by atoms with Gasteiger partial charge >= 0.3 is 0 Å². The van der Waals surface area contributed by atoms with E-state index in [9.17, 15) is 0 Å². The van der Waals surface area contributed by atoms with Gasteiger partial charge in [-0.15, -0.1) is 0 Å². The molecule has 2 rings (SSSR count). The largest absolute Gasteiger partial charge is 0.487 e. The van der Waals surface area contributed by atoms with Gasteiger partial charge in [0.05, 0.1) is 0 Å². The van der Waals surface area contributed by atoms with Gasteiger partial charge in [0.1, 0.15) is 11.4 Å². The van der Waals surface area contributed by atoms with Crippen molar-refractivity contribution in [1.82, 2.24) is 5.32 Å². The van der Waals surface area contributed by atoms with Crippen LogP contribution >= 0.6 is 0 Å². The van der Waals surface area contributed by atoms with E-state index in [1.54, 1.807) is 0 Å². The molecule has 0 spiro atoms. The first kappa shape index (κ1) is 14.1. The molecule has 2 heteroatoms. The second-order valence-corrected chi connectivity index (χ2v) is 6.91. The van der Waals surface area contributed by atoms with Crippen molar-refractivity contribution >= 4 is 6.08 Å². The van der Waals surface area contributed by atoms with Crippen molar-refractivity contribution in [3.63, 3.8) is 0 Å². The molecule has 0 saturated carbocycles. The third-order valence-electron chi connectivity index (χ3n) is 3.17. The van der Waals surface area contributed by atoms with Crippen LogP contribution in [0.25, 0.3) is 6.08 Å². The van der Waals surface area contributed by atoms with Gasteiger partial charge in [-0.1, -0.05) is 30.4 Å². The maximum Gasteiger partial charge on any atom is 0.130 e. The molecule has 0 bridgehead atoms. The first-order chi connectivity index (χ1) is 8.77. The summed E-state index contributed by atoms with van der Waals surface area (Å²) >= 11 is 0. The Morgan fingerprint density at radius 1 is 1.32 bits per heavy atom. The molecular weight excluding hydrogens is 234 g/mol. The number of hydrogen-bond donors (Lipinski definition) is 1. The fourth-order valence-corrected chi connectivity index (χ4v) is 2.32. The zero-order valence-electron chi connectivity index (χ0n) is 12.7. The van der Waals surface area contributed by atoms with Gasteiger partial charge in [-0.2, -0.15) is 0 Å². The number of benzene rings is 1. The summed E-state index contributed by atoms with van der Waals surface area (Å²) in [6.07, 6.45) is 5.30. The van der Waals surface area contributed by atoms with Crippen LogP contribution in [-0.4, -0.2) is 17.7 Å². The molecule has 2 nitrogen and oxygen atoms in total. The minimum Gasteiger partial charge on any atom is -0.487 e. The Kier molecular flexibility index (Phi) is 3.73. The van der Waals surface area contributed by atoms with E-state index in [1.165, 1.54) is 11.1 Å². The monoisotopic (exact) mass is 259 g/mol. The first-order valence-corrected chi connectivity index (χ1v) is 6.99. The van der Waals surface area contributed by atoms with Crippen molar-refractivity contribution in [2.24, 2.45) is 0 Å². The molecule has 1 aromatic carbocycles. The fraction of sp³-hybridized carbons (Fsp3) is 0.529. The maximum atomic E-state index is 6.05. The third-order valence-corrected chi connectivity index (χ3v) is 3.17. The highest BCUT2D eigenvalue weighted by atomic mass is 16.5. The fourth-order valence-electron chi connectivity index (χ4n) is 2.32. The van der Waals surface area contributed by atoms with Gasteiger partial charge in [0.15, 0.2) is 0 Å². The number of hydrogen-bond acceptors (Lipinski definition) is 2. The summed E-state index contributed by atoms with van der Waals surface area (Å²) in [6, 6.07) is 6.39. The quantitative estimate of drug-likeness (QED) is 0.891. The highest BCUT2D eigenvalue weighted by Gasteiger charge is 2.30. The molecular formula is C17H25NO. The summed E-state index contributed by atoms with van der Waals surface area (Å²) in [5.41, 5.74) is 2.58. The minimum atomic E-state index is -0.0735. The van der Waals surface area contributed by atoms with Crippen molar-refractivity contribution in [3.05, 3.63) is 35.4 Å². The zero-order valence-corrected chi connectivity index (χ0v) is 12.7. The predicted octanol–water partition coefficient (Wildman–Crippen LogP) is 3.80. The summed E-state index contributed by atoms with van der Waals surface area (Å²) in [6.45, 7) is 11.7. The average Bonchev–Trinajstić information content (AvgIpc) is 2.57. The van der Waals surface area contributed by atoms with Crippen molar-refractivity contribution in [2.45, 2.75) is 52.2 Å². The lowest BCUT2D eigenvalue weighted by Gasteiger charge is -2.19. The van der Waals surface area contributed by atoms with Gasteiger partial charge in [0, 0.05) is 24.1 Å². The Labute approximate surface area is 116 Å². The predicted molar refractivity (Wildman–Crippen MR) is 81.6 cm³/mol. The van der Waals surface area contributed by atoms with E-state index in [-0.39, 0.29) is 11.1 Å². The Bertz CT molecular complexity index is 481. The molecule has 1 aliphatic rings. The van der Waals surface area contributed by atoms with E-state index in [4.69, 9.17) is 4.74 Å². The highest BCUT2D eigenvalue weighted by Crippen LogP contribution is 2.37. The summed E-state index contributed by atoms with van der Waals surface area (Å²) in [5, 5.41) is 3.45. The minimum absolute atomic E-state index is 0.0735. The van der Waals surface area contributed by atoms with Gasteiger partial charge in [0.2, 0.25) is 0 Å². The van der Waals surface area contributed by atoms with Gasteiger partial charge in [-0.05, 0) is 40.2 Å². The van der Waals surface area contributed by atoms with Crippen LogP contribution in [0.3, 0.4) is 0 Å². The SMILES string of the molecule is CC(C)(C)NCC=Cc1cccc2c1OC(C)(C)C2. The van der Waals surface area contributed by atoms with E-state index < -0.39 is 0 Å². The van der Waals surface area contributed by atoms with Crippen LogP contribution in [0.15, 0.2) is 24.3 Å². The van der Waals surface area contributed by atoms with Crippen LogP contribution in [0.2, 0.25) is 0 Å². The van der Waals surface area contributed by atoms with E-state index in [2.05, 4.69) is 70.3 Å². The number of para-hydroxylation sites is 1. The number of nitrogens with one attached hydrogen (secondary N) is 1. The topological polar surface area (TPSA) is 21.3 Å². The molecule has 0 aliphatic carbocycles. The van der Waals surface area contributed by atoms with E-state index in [1.807, 2.05) is 0 Å². The van der Waals surface area contributed by atoms with E-state index >= 15 is 0 Å².